The normalized spacial score (nSPS) is 22.8. The lowest BCUT2D eigenvalue weighted by atomic mass is 9.95. The molecule has 2 aliphatic rings. The van der Waals surface area contributed by atoms with Crippen molar-refractivity contribution in [2.75, 3.05) is 24.6 Å². The predicted molar refractivity (Wildman–Crippen MR) is 69.9 cm³/mol. The molecule has 0 saturated carbocycles. The summed E-state index contributed by atoms with van der Waals surface area (Å²) >= 11 is 0. The minimum Gasteiger partial charge on any atom is -0.373 e. The molecule has 3 rings (SSSR count). The van der Waals surface area contributed by atoms with Crippen molar-refractivity contribution >= 4 is 11.7 Å². The van der Waals surface area contributed by atoms with Gasteiger partial charge in [-0.2, -0.15) is 0 Å². The first-order chi connectivity index (χ1) is 8.79. The number of anilines is 1. The van der Waals surface area contributed by atoms with Gasteiger partial charge in [0.15, 0.2) is 0 Å². The molecule has 2 amide bonds. The molecule has 1 fully saturated rings. The second-order valence-electron chi connectivity index (χ2n) is 4.78. The fourth-order valence-corrected chi connectivity index (χ4v) is 2.75. The van der Waals surface area contributed by atoms with Crippen molar-refractivity contribution in [3.63, 3.8) is 0 Å². The summed E-state index contributed by atoms with van der Waals surface area (Å²) in [5.74, 6) is 0. The summed E-state index contributed by atoms with van der Waals surface area (Å²) < 4.78 is 5.75. The number of carbonyl (C=O) groups excluding carboxylic acids is 1. The fourth-order valence-electron chi connectivity index (χ4n) is 2.75. The number of benzene rings is 1. The van der Waals surface area contributed by atoms with E-state index in [9.17, 15) is 4.79 Å². The largest absolute Gasteiger partial charge is 0.373 e. The second-order valence-corrected chi connectivity index (χ2v) is 4.78. The van der Waals surface area contributed by atoms with Gasteiger partial charge in [0.25, 0.3) is 0 Å². The number of hydrogen-bond acceptors (Lipinski definition) is 2. The maximum atomic E-state index is 11.7. The van der Waals surface area contributed by atoms with E-state index in [-0.39, 0.29) is 12.1 Å². The highest BCUT2D eigenvalue weighted by molar-refractivity contribution is 5.94. The van der Waals surface area contributed by atoms with Crippen LogP contribution >= 0.6 is 0 Å². The average Bonchev–Trinajstić information content (AvgIpc) is 2.83. The van der Waals surface area contributed by atoms with E-state index in [1.807, 2.05) is 6.07 Å². The maximum absolute atomic E-state index is 11.7. The van der Waals surface area contributed by atoms with Gasteiger partial charge in [0.2, 0.25) is 0 Å². The molecule has 2 aliphatic heterocycles. The number of amides is 2. The van der Waals surface area contributed by atoms with Crippen LogP contribution in [-0.4, -0.2) is 25.7 Å². The Morgan fingerprint density at radius 1 is 1.50 bits per heavy atom. The van der Waals surface area contributed by atoms with Gasteiger partial charge in [-0.3, -0.25) is 4.90 Å². The zero-order valence-corrected chi connectivity index (χ0v) is 10.6. The lowest BCUT2D eigenvalue weighted by molar-refractivity contribution is 0.0399. The van der Waals surface area contributed by atoms with E-state index < -0.39 is 0 Å². The van der Waals surface area contributed by atoms with Crippen LogP contribution in [0.15, 0.2) is 18.2 Å². The Labute approximate surface area is 107 Å². The predicted octanol–water partition coefficient (Wildman–Crippen LogP) is 2.24. The number of carbonyl (C=O) groups is 1. The highest BCUT2D eigenvalue weighted by atomic mass is 16.5. The lowest BCUT2D eigenvalue weighted by Crippen LogP contribution is -2.28. The molecule has 4 nitrogen and oxygen atoms in total. The third-order valence-electron chi connectivity index (χ3n) is 3.70. The van der Waals surface area contributed by atoms with Gasteiger partial charge in [-0.1, -0.05) is 13.0 Å². The Kier molecular flexibility index (Phi) is 2.96. The average molecular weight is 246 g/mol. The van der Waals surface area contributed by atoms with Gasteiger partial charge in [0.1, 0.15) is 0 Å². The first-order valence-electron chi connectivity index (χ1n) is 6.59. The molecule has 96 valence electrons. The molecule has 1 aromatic carbocycles. The third-order valence-corrected chi connectivity index (χ3v) is 3.70. The highest BCUT2D eigenvalue weighted by Gasteiger charge is 2.24. The zero-order valence-electron chi connectivity index (χ0n) is 10.6. The molecule has 0 aromatic heterocycles. The van der Waals surface area contributed by atoms with Crippen LogP contribution in [0.4, 0.5) is 10.5 Å². The van der Waals surface area contributed by atoms with Gasteiger partial charge in [-0.05, 0) is 36.1 Å². The van der Waals surface area contributed by atoms with Crippen LogP contribution < -0.4 is 10.2 Å². The SMILES string of the molecule is CC[C@@H]1OCCc2cc(N3CCNC3=O)ccc21. The first-order valence-corrected chi connectivity index (χ1v) is 6.59. The van der Waals surface area contributed by atoms with Crippen LogP contribution in [-0.2, 0) is 11.2 Å². The Bertz CT molecular complexity index is 473. The van der Waals surface area contributed by atoms with Crippen molar-refractivity contribution in [1.82, 2.24) is 5.32 Å². The summed E-state index contributed by atoms with van der Waals surface area (Å²) in [6, 6.07) is 6.30. The van der Waals surface area contributed by atoms with E-state index in [0.29, 0.717) is 0 Å². The second kappa shape index (κ2) is 4.61. The first kappa shape index (κ1) is 11.5. The number of hydrogen-bond donors (Lipinski definition) is 1. The van der Waals surface area contributed by atoms with Crippen LogP contribution in [0.5, 0.6) is 0 Å². The Morgan fingerprint density at radius 2 is 2.39 bits per heavy atom. The van der Waals surface area contributed by atoms with Gasteiger partial charge in [0, 0.05) is 18.8 Å². The van der Waals surface area contributed by atoms with Gasteiger partial charge in [-0.15, -0.1) is 0 Å². The van der Waals surface area contributed by atoms with Gasteiger partial charge in [-0.25, -0.2) is 4.79 Å². The Morgan fingerprint density at radius 3 is 3.11 bits per heavy atom. The van der Waals surface area contributed by atoms with Crippen LogP contribution in [0, 0.1) is 0 Å². The van der Waals surface area contributed by atoms with E-state index in [1.54, 1.807) is 4.90 Å². The van der Waals surface area contributed by atoms with Gasteiger partial charge in [0.05, 0.1) is 12.7 Å². The number of urea groups is 1. The standard InChI is InChI=1S/C14H18N2O2/c1-2-13-12-4-3-11(9-10(12)5-8-18-13)16-7-6-15-14(16)17/h3-4,9,13H,2,5-8H2,1H3,(H,15,17)/t13-/m0/s1. The monoisotopic (exact) mass is 246 g/mol. The molecule has 0 aliphatic carbocycles. The highest BCUT2D eigenvalue weighted by Crippen LogP contribution is 2.32. The molecular formula is C14H18N2O2. The lowest BCUT2D eigenvalue weighted by Gasteiger charge is -2.26. The van der Waals surface area contributed by atoms with Crippen LogP contribution in [0.25, 0.3) is 0 Å². The number of ether oxygens (including phenoxy) is 1. The quantitative estimate of drug-likeness (QED) is 0.869. The summed E-state index contributed by atoms with van der Waals surface area (Å²) in [6.45, 7) is 4.41. The summed E-state index contributed by atoms with van der Waals surface area (Å²) in [5, 5.41) is 2.83. The third kappa shape index (κ3) is 1.86. The van der Waals surface area contributed by atoms with E-state index in [0.717, 1.165) is 38.2 Å². The molecule has 1 saturated heterocycles. The molecule has 4 heteroatoms. The molecule has 1 N–H and O–H groups in total. The number of nitrogens with zero attached hydrogens (tertiary/aromatic N) is 1. The number of nitrogens with one attached hydrogen (secondary N) is 1. The van der Waals surface area contributed by atoms with Crippen LogP contribution in [0.2, 0.25) is 0 Å². The van der Waals surface area contributed by atoms with Crippen molar-refractivity contribution in [2.24, 2.45) is 0 Å². The zero-order chi connectivity index (χ0) is 12.5. The molecule has 2 heterocycles. The van der Waals surface area contributed by atoms with Crippen molar-refractivity contribution in [1.29, 1.82) is 0 Å². The minimum atomic E-state index is 0.00838. The molecule has 0 bridgehead atoms. The van der Waals surface area contributed by atoms with E-state index in [2.05, 4.69) is 24.4 Å². The van der Waals surface area contributed by atoms with Crippen LogP contribution in [0.3, 0.4) is 0 Å². The Hall–Kier alpha value is -1.55. The van der Waals surface area contributed by atoms with E-state index in [4.69, 9.17) is 4.74 Å². The molecule has 1 atom stereocenters. The molecule has 0 unspecified atom stereocenters. The molecule has 0 radical (unpaired) electrons. The summed E-state index contributed by atoms with van der Waals surface area (Å²) in [4.78, 5) is 13.5. The smallest absolute Gasteiger partial charge is 0.321 e. The van der Waals surface area contributed by atoms with Gasteiger partial charge < -0.3 is 10.1 Å². The topological polar surface area (TPSA) is 41.6 Å². The summed E-state index contributed by atoms with van der Waals surface area (Å²) in [5.41, 5.74) is 3.61. The van der Waals surface area contributed by atoms with Crippen molar-refractivity contribution < 1.29 is 9.53 Å². The van der Waals surface area contributed by atoms with Gasteiger partial charge >= 0.3 is 6.03 Å². The minimum absolute atomic E-state index is 0.00838. The molecular weight excluding hydrogens is 228 g/mol. The fraction of sp³-hybridized carbons (Fsp3) is 0.500. The van der Waals surface area contributed by atoms with Crippen molar-refractivity contribution in [2.45, 2.75) is 25.9 Å². The van der Waals surface area contributed by atoms with Crippen molar-refractivity contribution in [3.8, 4) is 0 Å². The van der Waals surface area contributed by atoms with E-state index >= 15 is 0 Å². The number of fused-ring (bicyclic) bond motifs is 1. The van der Waals surface area contributed by atoms with E-state index in [1.165, 1.54) is 11.1 Å². The number of rotatable bonds is 2. The van der Waals surface area contributed by atoms with Crippen molar-refractivity contribution in [3.05, 3.63) is 29.3 Å². The summed E-state index contributed by atoms with van der Waals surface area (Å²) in [7, 11) is 0. The molecule has 18 heavy (non-hydrogen) atoms. The summed E-state index contributed by atoms with van der Waals surface area (Å²) in [6.07, 6.45) is 2.15. The van der Waals surface area contributed by atoms with Crippen LogP contribution in [0.1, 0.15) is 30.6 Å². The Balaban J connectivity index is 1.93. The molecule has 0 spiro atoms. The molecule has 1 aromatic rings. The maximum Gasteiger partial charge on any atom is 0.321 e.